The Balaban J connectivity index is 2.33. The third-order valence-corrected chi connectivity index (χ3v) is 3.82. The van der Waals surface area contributed by atoms with Crippen molar-refractivity contribution in [2.24, 2.45) is 0 Å². The van der Waals surface area contributed by atoms with Crippen LogP contribution in [0.1, 0.15) is 41.3 Å². The highest BCUT2D eigenvalue weighted by atomic mass is 16.4. The molecule has 1 fully saturated rings. The van der Waals surface area contributed by atoms with Gasteiger partial charge in [0, 0.05) is 12.7 Å². The third kappa shape index (κ3) is 3.13. The predicted molar refractivity (Wildman–Crippen MR) is 75.9 cm³/mol. The lowest BCUT2D eigenvalue weighted by molar-refractivity contribution is 0.0694. The van der Waals surface area contributed by atoms with Crippen LogP contribution >= 0.6 is 0 Å². The summed E-state index contributed by atoms with van der Waals surface area (Å²) >= 11 is 0. The normalized spacial score (nSPS) is 21.6. The molecule has 1 aliphatic rings. The van der Waals surface area contributed by atoms with Crippen molar-refractivity contribution in [2.45, 2.75) is 25.8 Å². The van der Waals surface area contributed by atoms with Crippen LogP contribution in [0.25, 0.3) is 0 Å². The minimum absolute atomic E-state index is 0.121. The van der Waals surface area contributed by atoms with Crippen LogP contribution in [0.15, 0.2) is 6.20 Å². The number of carboxylic acid groups (broad SMARTS) is 1. The van der Waals surface area contributed by atoms with E-state index in [2.05, 4.69) is 33.9 Å². The summed E-state index contributed by atoms with van der Waals surface area (Å²) in [6.45, 7) is 4.85. The zero-order valence-corrected chi connectivity index (χ0v) is 12.3. The van der Waals surface area contributed by atoms with Crippen molar-refractivity contribution in [3.63, 3.8) is 0 Å². The SMILES string of the molecule is CCc1nc(C2CN(C)CCCN2C)ncc1C(=O)O. The van der Waals surface area contributed by atoms with Gasteiger partial charge in [-0.2, -0.15) is 0 Å². The summed E-state index contributed by atoms with van der Waals surface area (Å²) < 4.78 is 0. The van der Waals surface area contributed by atoms with Crippen molar-refractivity contribution in [1.82, 2.24) is 19.8 Å². The smallest absolute Gasteiger partial charge is 0.339 e. The molecule has 0 spiro atoms. The molecular formula is C14H22N4O2. The number of hydrogen-bond donors (Lipinski definition) is 1. The number of nitrogens with zero attached hydrogens (tertiary/aromatic N) is 4. The van der Waals surface area contributed by atoms with E-state index >= 15 is 0 Å². The minimum atomic E-state index is -0.959. The van der Waals surface area contributed by atoms with Gasteiger partial charge in [-0.15, -0.1) is 0 Å². The summed E-state index contributed by atoms with van der Waals surface area (Å²) in [7, 11) is 4.17. The van der Waals surface area contributed by atoms with Gasteiger partial charge in [0.15, 0.2) is 0 Å². The maximum absolute atomic E-state index is 11.1. The summed E-state index contributed by atoms with van der Waals surface area (Å²) in [5.74, 6) is -0.233. The Morgan fingerprint density at radius 3 is 2.85 bits per heavy atom. The molecule has 0 amide bonds. The second kappa shape index (κ2) is 6.28. The lowest BCUT2D eigenvalue weighted by Crippen LogP contribution is -2.32. The number of carbonyl (C=O) groups is 1. The maximum atomic E-state index is 11.1. The van der Waals surface area contributed by atoms with Crippen LogP contribution in [-0.2, 0) is 6.42 Å². The zero-order chi connectivity index (χ0) is 14.7. The number of likely N-dealkylation sites (N-methyl/N-ethyl adjacent to an activating group) is 2. The highest BCUT2D eigenvalue weighted by Crippen LogP contribution is 2.21. The zero-order valence-electron chi connectivity index (χ0n) is 12.3. The Hall–Kier alpha value is -1.53. The van der Waals surface area contributed by atoms with Crippen LogP contribution in [0.5, 0.6) is 0 Å². The molecule has 0 aromatic carbocycles. The number of hydrogen-bond acceptors (Lipinski definition) is 5. The average Bonchev–Trinajstić information content (AvgIpc) is 2.59. The molecule has 0 radical (unpaired) electrons. The first-order valence-electron chi connectivity index (χ1n) is 7.00. The molecule has 1 aliphatic heterocycles. The van der Waals surface area contributed by atoms with Crippen LogP contribution in [0.4, 0.5) is 0 Å². The summed E-state index contributed by atoms with van der Waals surface area (Å²) in [5, 5.41) is 9.14. The molecule has 1 saturated heterocycles. The molecule has 6 heteroatoms. The number of aromatic nitrogens is 2. The maximum Gasteiger partial charge on any atom is 0.339 e. The van der Waals surface area contributed by atoms with Crippen LogP contribution in [0.3, 0.4) is 0 Å². The minimum Gasteiger partial charge on any atom is -0.478 e. The summed E-state index contributed by atoms with van der Waals surface area (Å²) in [4.78, 5) is 24.5. The van der Waals surface area contributed by atoms with Crippen LogP contribution in [-0.4, -0.2) is 64.6 Å². The van der Waals surface area contributed by atoms with E-state index in [1.165, 1.54) is 6.20 Å². The second-order valence-electron chi connectivity index (χ2n) is 5.36. The van der Waals surface area contributed by atoms with Crippen molar-refractivity contribution < 1.29 is 9.90 Å². The second-order valence-corrected chi connectivity index (χ2v) is 5.36. The van der Waals surface area contributed by atoms with E-state index in [9.17, 15) is 4.79 Å². The van der Waals surface area contributed by atoms with Gasteiger partial charge >= 0.3 is 5.97 Å². The molecule has 1 aromatic rings. The Bertz CT molecular complexity index is 492. The van der Waals surface area contributed by atoms with Crippen LogP contribution in [0, 0.1) is 0 Å². The molecule has 6 nitrogen and oxygen atoms in total. The summed E-state index contributed by atoms with van der Waals surface area (Å²) in [6, 6.07) is 0.121. The van der Waals surface area contributed by atoms with Gasteiger partial charge in [-0.3, -0.25) is 4.90 Å². The fourth-order valence-corrected chi connectivity index (χ4v) is 2.59. The van der Waals surface area contributed by atoms with E-state index in [-0.39, 0.29) is 11.6 Å². The first-order chi connectivity index (χ1) is 9.52. The highest BCUT2D eigenvalue weighted by Gasteiger charge is 2.25. The highest BCUT2D eigenvalue weighted by molar-refractivity contribution is 5.88. The quantitative estimate of drug-likeness (QED) is 0.891. The fourth-order valence-electron chi connectivity index (χ4n) is 2.59. The van der Waals surface area contributed by atoms with Crippen molar-refractivity contribution in [1.29, 1.82) is 0 Å². The summed E-state index contributed by atoms with van der Waals surface area (Å²) in [6.07, 6.45) is 3.17. The van der Waals surface area contributed by atoms with E-state index in [1.54, 1.807) is 0 Å². The number of aryl methyl sites for hydroxylation is 1. The molecule has 0 bridgehead atoms. The standard InChI is InChI=1S/C14H22N4O2/c1-4-11-10(14(19)20)8-15-13(16-11)12-9-17(2)6-5-7-18(12)3/h8,12H,4-7,9H2,1-3H3,(H,19,20). The van der Waals surface area contributed by atoms with Gasteiger partial charge in [-0.25, -0.2) is 14.8 Å². The van der Waals surface area contributed by atoms with Gasteiger partial charge in [0.05, 0.1) is 17.3 Å². The first-order valence-corrected chi connectivity index (χ1v) is 7.00. The van der Waals surface area contributed by atoms with Crippen LogP contribution < -0.4 is 0 Å². The summed E-state index contributed by atoms with van der Waals surface area (Å²) in [5.41, 5.74) is 0.823. The van der Waals surface area contributed by atoms with E-state index in [0.29, 0.717) is 12.1 Å². The molecule has 110 valence electrons. The Kier molecular flexibility index (Phi) is 4.67. The molecule has 1 atom stereocenters. The molecule has 1 aromatic heterocycles. The monoisotopic (exact) mass is 278 g/mol. The van der Waals surface area contributed by atoms with E-state index in [1.807, 2.05) is 6.92 Å². The van der Waals surface area contributed by atoms with Crippen molar-refractivity contribution in [3.8, 4) is 0 Å². The Labute approximate surface area is 119 Å². The van der Waals surface area contributed by atoms with Crippen LogP contribution in [0.2, 0.25) is 0 Å². The van der Waals surface area contributed by atoms with Crippen molar-refractivity contribution in [2.75, 3.05) is 33.7 Å². The molecular weight excluding hydrogens is 256 g/mol. The number of rotatable bonds is 3. The number of carboxylic acids is 1. The first kappa shape index (κ1) is 14.9. The lowest BCUT2D eigenvalue weighted by atomic mass is 10.1. The van der Waals surface area contributed by atoms with E-state index in [4.69, 9.17) is 5.11 Å². The van der Waals surface area contributed by atoms with Gasteiger partial charge in [0.2, 0.25) is 0 Å². The molecule has 1 N–H and O–H groups in total. The van der Waals surface area contributed by atoms with E-state index < -0.39 is 5.97 Å². The number of aromatic carboxylic acids is 1. The largest absolute Gasteiger partial charge is 0.478 e. The third-order valence-electron chi connectivity index (χ3n) is 3.82. The van der Waals surface area contributed by atoms with Gasteiger partial charge in [-0.1, -0.05) is 6.92 Å². The molecule has 0 saturated carbocycles. The molecule has 1 unspecified atom stereocenters. The fraction of sp³-hybridized carbons (Fsp3) is 0.643. The van der Waals surface area contributed by atoms with Crippen molar-refractivity contribution in [3.05, 3.63) is 23.3 Å². The van der Waals surface area contributed by atoms with Gasteiger partial charge in [0.1, 0.15) is 5.82 Å². The van der Waals surface area contributed by atoms with Gasteiger partial charge in [-0.05, 0) is 40.0 Å². The molecule has 2 heterocycles. The average molecular weight is 278 g/mol. The van der Waals surface area contributed by atoms with Crippen molar-refractivity contribution >= 4 is 5.97 Å². The van der Waals surface area contributed by atoms with E-state index in [0.717, 1.165) is 31.9 Å². The molecule has 0 aliphatic carbocycles. The lowest BCUT2D eigenvalue weighted by Gasteiger charge is -2.26. The predicted octanol–water partition coefficient (Wildman–Crippen LogP) is 1.05. The van der Waals surface area contributed by atoms with Gasteiger partial charge in [0.25, 0.3) is 0 Å². The molecule has 2 rings (SSSR count). The molecule has 20 heavy (non-hydrogen) atoms. The Morgan fingerprint density at radius 1 is 1.45 bits per heavy atom. The topological polar surface area (TPSA) is 69.6 Å². The van der Waals surface area contributed by atoms with Gasteiger partial charge < -0.3 is 10.0 Å². The Morgan fingerprint density at radius 2 is 2.20 bits per heavy atom.